The fourth-order valence-electron chi connectivity index (χ4n) is 3.98. The Balaban J connectivity index is 1.75. The average molecular weight is 468 g/mol. The summed E-state index contributed by atoms with van der Waals surface area (Å²) in [6, 6.07) is 23.8. The van der Waals surface area contributed by atoms with Gasteiger partial charge in [0.05, 0.1) is 18.3 Å². The molecule has 0 aliphatic carbocycles. The van der Waals surface area contributed by atoms with Crippen molar-refractivity contribution in [2.75, 3.05) is 12.0 Å². The van der Waals surface area contributed by atoms with E-state index in [1.54, 1.807) is 37.3 Å². The van der Waals surface area contributed by atoms with Gasteiger partial charge in [-0.15, -0.1) is 0 Å². The molecule has 0 spiro atoms. The molecule has 4 rings (SSSR count). The smallest absolute Gasteiger partial charge is 0.340 e. The summed E-state index contributed by atoms with van der Waals surface area (Å²) in [6.45, 7) is 3.51. The second-order valence-electron chi connectivity index (χ2n) is 8.07. The summed E-state index contributed by atoms with van der Waals surface area (Å²) in [6.07, 6.45) is 1.65. The van der Waals surface area contributed by atoms with E-state index in [1.165, 1.54) is 18.9 Å². The maximum atomic E-state index is 13.6. The van der Waals surface area contributed by atoms with Crippen molar-refractivity contribution in [3.05, 3.63) is 112 Å². The molecule has 0 unspecified atom stereocenters. The molecule has 0 saturated heterocycles. The second-order valence-corrected chi connectivity index (χ2v) is 8.07. The zero-order chi connectivity index (χ0) is 24.9. The van der Waals surface area contributed by atoms with Gasteiger partial charge in [-0.1, -0.05) is 60.7 Å². The van der Waals surface area contributed by atoms with Crippen LogP contribution in [-0.2, 0) is 20.9 Å². The van der Waals surface area contributed by atoms with E-state index in [0.29, 0.717) is 34.9 Å². The molecular formula is C29H25NO5. The highest BCUT2D eigenvalue weighted by atomic mass is 16.5. The quantitative estimate of drug-likeness (QED) is 0.266. The number of Topliss-reactive ketones (excluding diaryl/α,β-unsaturated/α-hetero) is 1. The summed E-state index contributed by atoms with van der Waals surface area (Å²) in [5, 5.41) is 0. The van der Waals surface area contributed by atoms with Crippen molar-refractivity contribution in [2.45, 2.75) is 20.5 Å². The standard InChI is InChI=1S/C29H25NO5/c1-19-27(29(33)34-3)25(28(32)30(19)24-14-9-13-22(16-24)20(2)31)17-23-12-7-8-15-26(23)35-18-21-10-5-4-6-11-21/h4-17H,18H2,1-3H3/b25-17-. The number of para-hydroxylation sites is 1. The predicted octanol–water partition coefficient (Wildman–Crippen LogP) is 5.35. The lowest BCUT2D eigenvalue weighted by atomic mass is 10.0. The van der Waals surface area contributed by atoms with Gasteiger partial charge < -0.3 is 9.47 Å². The zero-order valence-corrected chi connectivity index (χ0v) is 19.8. The van der Waals surface area contributed by atoms with E-state index in [1.807, 2.05) is 54.6 Å². The number of anilines is 1. The van der Waals surface area contributed by atoms with Crippen LogP contribution < -0.4 is 9.64 Å². The molecule has 6 heteroatoms. The Labute approximate surface area is 204 Å². The van der Waals surface area contributed by atoms with E-state index < -0.39 is 5.97 Å². The molecule has 3 aromatic rings. The van der Waals surface area contributed by atoms with Gasteiger partial charge in [0.1, 0.15) is 12.4 Å². The van der Waals surface area contributed by atoms with Crippen LogP contribution in [0.25, 0.3) is 6.08 Å². The van der Waals surface area contributed by atoms with Crippen LogP contribution in [-0.4, -0.2) is 24.8 Å². The molecule has 0 radical (unpaired) electrons. The first-order chi connectivity index (χ1) is 16.9. The van der Waals surface area contributed by atoms with E-state index in [2.05, 4.69) is 0 Å². The number of carbonyl (C=O) groups excluding carboxylic acids is 3. The lowest BCUT2D eigenvalue weighted by Gasteiger charge is -2.18. The Bertz CT molecular complexity index is 1350. The number of ketones is 1. The summed E-state index contributed by atoms with van der Waals surface area (Å²) < 4.78 is 11.0. The number of methoxy groups -OCH3 is 1. The number of carbonyl (C=O) groups is 3. The number of rotatable bonds is 7. The van der Waals surface area contributed by atoms with Gasteiger partial charge in [-0.05, 0) is 43.7 Å². The van der Waals surface area contributed by atoms with Gasteiger partial charge in [-0.2, -0.15) is 0 Å². The molecule has 0 atom stereocenters. The first-order valence-corrected chi connectivity index (χ1v) is 11.1. The fraction of sp³-hybridized carbons (Fsp3) is 0.138. The Morgan fingerprint density at radius 3 is 2.37 bits per heavy atom. The third-order valence-electron chi connectivity index (χ3n) is 5.76. The van der Waals surface area contributed by atoms with Crippen molar-refractivity contribution in [3.8, 4) is 5.75 Å². The molecule has 3 aromatic carbocycles. The molecular weight excluding hydrogens is 442 g/mol. The average Bonchev–Trinajstić information content (AvgIpc) is 3.12. The van der Waals surface area contributed by atoms with E-state index in [9.17, 15) is 14.4 Å². The largest absolute Gasteiger partial charge is 0.488 e. The fourth-order valence-corrected chi connectivity index (χ4v) is 3.98. The van der Waals surface area contributed by atoms with Crippen LogP contribution in [0.4, 0.5) is 5.69 Å². The van der Waals surface area contributed by atoms with Crippen LogP contribution in [0.2, 0.25) is 0 Å². The Morgan fingerprint density at radius 2 is 1.66 bits per heavy atom. The highest BCUT2D eigenvalue weighted by Crippen LogP contribution is 2.36. The summed E-state index contributed by atoms with van der Waals surface area (Å²) in [4.78, 5) is 39.7. The predicted molar refractivity (Wildman–Crippen MR) is 134 cm³/mol. The van der Waals surface area contributed by atoms with Gasteiger partial charge in [0.25, 0.3) is 5.91 Å². The van der Waals surface area contributed by atoms with E-state index in [4.69, 9.17) is 9.47 Å². The third kappa shape index (κ3) is 4.92. The van der Waals surface area contributed by atoms with Gasteiger partial charge >= 0.3 is 5.97 Å². The number of nitrogens with zero attached hydrogens (tertiary/aromatic N) is 1. The number of allylic oxidation sites excluding steroid dienone is 1. The van der Waals surface area contributed by atoms with Crippen molar-refractivity contribution < 1.29 is 23.9 Å². The molecule has 0 fully saturated rings. The molecule has 1 aliphatic heterocycles. The van der Waals surface area contributed by atoms with Gasteiger partial charge in [0, 0.05) is 22.5 Å². The van der Waals surface area contributed by atoms with E-state index >= 15 is 0 Å². The number of hydrogen-bond acceptors (Lipinski definition) is 5. The zero-order valence-electron chi connectivity index (χ0n) is 19.8. The number of hydrogen-bond donors (Lipinski definition) is 0. The van der Waals surface area contributed by atoms with Gasteiger partial charge in [0.15, 0.2) is 5.78 Å². The van der Waals surface area contributed by atoms with Crippen LogP contribution in [0.3, 0.4) is 0 Å². The molecule has 0 N–H and O–H groups in total. The topological polar surface area (TPSA) is 72.9 Å². The molecule has 1 amide bonds. The van der Waals surface area contributed by atoms with E-state index in [0.717, 1.165) is 5.56 Å². The summed E-state index contributed by atoms with van der Waals surface area (Å²) in [7, 11) is 1.28. The van der Waals surface area contributed by atoms with Crippen molar-refractivity contribution >= 4 is 29.4 Å². The van der Waals surface area contributed by atoms with Crippen LogP contribution >= 0.6 is 0 Å². The lowest BCUT2D eigenvalue weighted by Crippen LogP contribution is -2.24. The van der Waals surface area contributed by atoms with Gasteiger partial charge in [0.2, 0.25) is 0 Å². The molecule has 176 valence electrons. The Kier molecular flexibility index (Phi) is 6.92. The van der Waals surface area contributed by atoms with E-state index in [-0.39, 0.29) is 22.8 Å². The van der Waals surface area contributed by atoms with Crippen molar-refractivity contribution in [1.29, 1.82) is 0 Å². The summed E-state index contributed by atoms with van der Waals surface area (Å²) in [5.41, 5.74) is 3.42. The van der Waals surface area contributed by atoms with Crippen LogP contribution in [0.5, 0.6) is 5.75 Å². The minimum atomic E-state index is -0.616. The van der Waals surface area contributed by atoms with Crippen LogP contribution in [0.15, 0.2) is 95.7 Å². The second kappa shape index (κ2) is 10.2. The maximum Gasteiger partial charge on any atom is 0.340 e. The number of ether oxygens (including phenoxy) is 2. The monoisotopic (exact) mass is 467 g/mol. The van der Waals surface area contributed by atoms with Crippen LogP contribution in [0, 0.1) is 0 Å². The minimum absolute atomic E-state index is 0.117. The first-order valence-electron chi connectivity index (χ1n) is 11.1. The van der Waals surface area contributed by atoms with Crippen molar-refractivity contribution in [3.63, 3.8) is 0 Å². The molecule has 1 aliphatic rings. The number of amides is 1. The highest BCUT2D eigenvalue weighted by molar-refractivity contribution is 6.24. The molecule has 1 heterocycles. The van der Waals surface area contributed by atoms with Crippen LogP contribution in [0.1, 0.15) is 35.3 Å². The Hall–Kier alpha value is -4.45. The normalized spacial score (nSPS) is 14.4. The molecule has 6 nitrogen and oxygen atoms in total. The lowest BCUT2D eigenvalue weighted by molar-refractivity contribution is -0.136. The van der Waals surface area contributed by atoms with Gasteiger partial charge in [-0.25, -0.2) is 4.79 Å². The molecule has 0 bridgehead atoms. The summed E-state index contributed by atoms with van der Waals surface area (Å²) >= 11 is 0. The Morgan fingerprint density at radius 1 is 0.943 bits per heavy atom. The number of benzene rings is 3. The molecule has 0 aromatic heterocycles. The third-order valence-corrected chi connectivity index (χ3v) is 5.76. The summed E-state index contributed by atoms with van der Waals surface area (Å²) in [5.74, 6) is -0.541. The molecule has 35 heavy (non-hydrogen) atoms. The highest BCUT2D eigenvalue weighted by Gasteiger charge is 2.38. The van der Waals surface area contributed by atoms with Gasteiger partial charge in [-0.3, -0.25) is 14.5 Å². The molecule has 0 saturated carbocycles. The SMILES string of the molecule is COC(=O)C1=C(C)N(c2cccc(C(C)=O)c2)C(=O)/C1=C\c1ccccc1OCc1ccccc1. The number of esters is 1. The van der Waals surface area contributed by atoms with Crippen molar-refractivity contribution in [1.82, 2.24) is 0 Å². The minimum Gasteiger partial charge on any atom is -0.488 e. The van der Waals surface area contributed by atoms with Crippen molar-refractivity contribution in [2.24, 2.45) is 0 Å². The maximum absolute atomic E-state index is 13.6. The first kappa shape index (κ1) is 23.7.